The van der Waals surface area contributed by atoms with E-state index in [0.717, 1.165) is 102 Å². The molecule has 12 aromatic rings. The Morgan fingerprint density at radius 2 is 0.232 bits per heavy atom. The first kappa shape index (κ1) is 52.5. The molecule has 0 radical (unpaired) electrons. The maximum atomic E-state index is 5.75. The molecule has 0 heterocycles. The molecule has 82 heavy (non-hydrogen) atoms. The fourth-order valence-corrected chi connectivity index (χ4v) is 10.1. The molecular weight excluding hydrogens is 993 g/mol. The monoisotopic (exact) mass is 1080 g/mol. The van der Waals surface area contributed by atoms with Crippen molar-refractivity contribution >= 4 is 68.2 Å². The SMILES string of the molecule is [2H]C.[2H]C.[2H]C.[2H]C.[2H]C.[2H]C.c1ccc(N(c2ccccc2)c2ccc(-c3ccc(N(c4ccccc4)c4ccc(-c5ccc(N(c6ccccc6)c6ccc(-c7ccc(N(c8ccccc8)c8ccccc8)cc7)cc6)cc5)cc4)cc3)cc2)cc1. The zero-order chi connectivity index (χ0) is 62.9. The Morgan fingerprint density at radius 1 is 0.134 bits per heavy atom. The molecule has 0 aliphatic carbocycles. The number of hydrogen-bond acceptors (Lipinski definition) is 4. The molecular formula is C78H78N4. The van der Waals surface area contributed by atoms with Crippen molar-refractivity contribution in [1.82, 2.24) is 0 Å². The van der Waals surface area contributed by atoms with Crippen LogP contribution >= 0.6 is 0 Å². The summed E-state index contributed by atoms with van der Waals surface area (Å²) >= 11 is 0. The number of nitrogens with zero attached hydrogens (tertiary/aromatic N) is 4. The van der Waals surface area contributed by atoms with Gasteiger partial charge < -0.3 is 19.6 Å². The number of hydrogen-bond donors (Lipinski definition) is 0. The van der Waals surface area contributed by atoms with E-state index in [1.165, 1.54) is 44.4 Å². The third-order valence-corrected chi connectivity index (χ3v) is 13.8. The Balaban J connectivity index is 0.000000972. The minimum absolute atomic E-state index is 1.08. The minimum atomic E-state index is 1.08. The second-order valence-electron chi connectivity index (χ2n) is 18.6. The lowest BCUT2D eigenvalue weighted by Gasteiger charge is -2.26. The first-order chi connectivity index (χ1) is 43.7. The maximum absolute atomic E-state index is 5.75. The number of rotatable bonds is 15. The van der Waals surface area contributed by atoms with Crippen LogP contribution in [-0.2, 0) is 0 Å². The largest absolute Gasteiger partial charge is 0.311 e. The lowest BCUT2D eigenvalue weighted by Crippen LogP contribution is -2.10. The van der Waals surface area contributed by atoms with Crippen molar-refractivity contribution in [3.63, 3.8) is 0 Å². The average Bonchev–Trinajstić information content (AvgIpc) is 3.38. The summed E-state index contributed by atoms with van der Waals surface area (Å²) in [4.78, 5) is 9.22. The van der Waals surface area contributed by atoms with Crippen molar-refractivity contribution in [2.75, 3.05) is 19.6 Å². The summed E-state index contributed by atoms with van der Waals surface area (Å²) in [5, 5.41) is 0. The molecule has 410 valence electrons. The minimum Gasteiger partial charge on any atom is -0.311 e. The van der Waals surface area contributed by atoms with Crippen LogP contribution in [0.4, 0.5) is 68.2 Å². The van der Waals surface area contributed by atoms with E-state index in [1.807, 2.05) is 0 Å². The van der Waals surface area contributed by atoms with Gasteiger partial charge in [0.1, 0.15) is 0 Å². The van der Waals surface area contributed by atoms with Gasteiger partial charge in [-0.05, 0) is 179 Å². The van der Waals surface area contributed by atoms with E-state index in [9.17, 15) is 0 Å². The molecule has 4 heteroatoms. The van der Waals surface area contributed by atoms with Crippen molar-refractivity contribution in [3.05, 3.63) is 328 Å². The van der Waals surface area contributed by atoms with Crippen molar-refractivity contribution in [3.8, 4) is 33.4 Å². The van der Waals surface area contributed by atoms with Crippen LogP contribution in [0.2, 0.25) is 0 Å². The molecule has 0 spiro atoms. The summed E-state index contributed by atoms with van der Waals surface area (Å²) in [5.74, 6) is 0. The summed E-state index contributed by atoms with van der Waals surface area (Å²) < 4.78 is 34.5. The van der Waals surface area contributed by atoms with E-state index >= 15 is 0 Å². The Morgan fingerprint density at radius 3 is 0.341 bits per heavy atom. The van der Waals surface area contributed by atoms with Gasteiger partial charge in [-0.2, -0.15) is 0 Å². The molecule has 4 nitrogen and oxygen atoms in total. The summed E-state index contributed by atoms with van der Waals surface area (Å²) in [6.45, 7) is 0. The third-order valence-electron chi connectivity index (χ3n) is 13.8. The molecule has 0 amide bonds. The summed E-state index contributed by atoms with van der Waals surface area (Å²) in [6.07, 6.45) is 0. The highest BCUT2D eigenvalue weighted by Gasteiger charge is 2.18. The fraction of sp³-hybridized carbons (Fsp3) is 0.0769. The molecule has 0 N–H and O–H groups in total. The normalized spacial score (nSPS) is 10.6. The molecule has 0 saturated heterocycles. The van der Waals surface area contributed by atoms with Crippen LogP contribution in [0.15, 0.2) is 328 Å². The van der Waals surface area contributed by atoms with Gasteiger partial charge in [-0.15, -0.1) is 0 Å². The van der Waals surface area contributed by atoms with Crippen molar-refractivity contribution in [2.45, 2.75) is 44.4 Å². The van der Waals surface area contributed by atoms with E-state index < -0.39 is 0 Å². The Bertz CT molecular complexity index is 3430. The number of para-hydroxylation sites is 6. The van der Waals surface area contributed by atoms with E-state index in [0.29, 0.717) is 0 Å². The molecule has 12 aromatic carbocycles. The van der Waals surface area contributed by atoms with Crippen molar-refractivity contribution in [1.29, 1.82) is 0 Å². The third kappa shape index (κ3) is 13.3. The van der Waals surface area contributed by atoms with Crippen molar-refractivity contribution < 1.29 is 8.22 Å². The lowest BCUT2D eigenvalue weighted by molar-refractivity contribution is 1.28. The molecule has 0 unspecified atom stereocenters. The van der Waals surface area contributed by atoms with Gasteiger partial charge in [0.05, 0.1) is 0 Å². The smallest absolute Gasteiger partial charge is 0.0462 e. The second-order valence-corrected chi connectivity index (χ2v) is 18.6. The van der Waals surface area contributed by atoms with E-state index in [2.05, 4.69) is 347 Å². The first-order valence-corrected chi connectivity index (χ1v) is 25.8. The quantitative estimate of drug-likeness (QED) is 0.101. The standard InChI is InChI=1S/C72H54N4.6CH4/c1-7-19-61(20-8-1)73(62-21-9-2-10-22-62)67-43-31-55(32-44-67)57-35-47-69(48-36-57)75(65-27-15-5-16-28-65)71-51-39-59(40-52-71)60-41-53-72(54-42-60)76(66-29-17-6-18-30-66)70-49-37-58(38-50-70)56-33-45-68(46-34-56)74(63-23-11-3-12-24-63)64-25-13-4-14-26-64;;;;;;/h1-54H;6*1H4/i;6*1D. The molecule has 0 bridgehead atoms. The van der Waals surface area contributed by atoms with Crippen LogP contribution in [0.3, 0.4) is 0 Å². The van der Waals surface area contributed by atoms with Gasteiger partial charge in [-0.25, -0.2) is 0 Å². The van der Waals surface area contributed by atoms with Gasteiger partial charge in [0.15, 0.2) is 0 Å². The van der Waals surface area contributed by atoms with E-state index in [4.69, 9.17) is 8.22 Å². The molecule has 0 aliphatic heterocycles. The highest BCUT2D eigenvalue weighted by Crippen LogP contribution is 2.41. The Hall–Kier alpha value is -10.2. The van der Waals surface area contributed by atoms with Crippen LogP contribution in [0.1, 0.15) is 52.6 Å². The molecule has 0 fully saturated rings. The predicted molar refractivity (Wildman–Crippen MR) is 362 cm³/mol. The topological polar surface area (TPSA) is 13.0 Å². The summed E-state index contributed by atoms with van der Waals surface area (Å²) in [5.41, 5.74) is 20.2. The zero-order valence-corrected chi connectivity index (χ0v) is 48.0. The van der Waals surface area contributed by atoms with Gasteiger partial charge in [0, 0.05) is 76.5 Å². The average molecular weight is 1080 g/mol. The molecule has 0 aromatic heterocycles. The summed E-state index contributed by atoms with van der Waals surface area (Å²) in [6, 6.07) is 117. The lowest BCUT2D eigenvalue weighted by atomic mass is 10.0. The van der Waals surface area contributed by atoms with Gasteiger partial charge >= 0.3 is 0 Å². The van der Waals surface area contributed by atoms with Crippen LogP contribution in [0, 0.1) is 0 Å². The molecule has 12 rings (SSSR count). The Labute approximate surface area is 499 Å². The summed E-state index contributed by atoms with van der Waals surface area (Å²) in [7, 11) is 7.50. The second kappa shape index (κ2) is 28.6. The molecule has 0 saturated carbocycles. The van der Waals surface area contributed by atoms with Crippen LogP contribution in [-0.4, -0.2) is 0 Å². The van der Waals surface area contributed by atoms with Gasteiger partial charge in [0.25, 0.3) is 0 Å². The first-order valence-electron chi connectivity index (χ1n) is 31.8. The Kier molecular flexibility index (Phi) is 18.3. The van der Waals surface area contributed by atoms with Gasteiger partial charge in [0.2, 0.25) is 0 Å². The fourth-order valence-electron chi connectivity index (χ4n) is 10.1. The number of benzene rings is 12. The molecule has 0 atom stereocenters. The highest BCUT2D eigenvalue weighted by atomic mass is 15.2. The van der Waals surface area contributed by atoms with Gasteiger partial charge in [-0.1, -0.05) is 226 Å². The van der Waals surface area contributed by atoms with Crippen LogP contribution in [0.25, 0.3) is 33.4 Å². The van der Waals surface area contributed by atoms with E-state index in [1.54, 1.807) is 0 Å². The zero-order valence-electron chi connectivity index (χ0n) is 54.0. The van der Waals surface area contributed by atoms with Crippen molar-refractivity contribution in [2.24, 2.45) is 0 Å². The van der Waals surface area contributed by atoms with Crippen LogP contribution < -0.4 is 19.6 Å². The van der Waals surface area contributed by atoms with Gasteiger partial charge in [-0.3, -0.25) is 0 Å². The maximum Gasteiger partial charge on any atom is 0.0462 e. The predicted octanol–water partition coefficient (Wildman–Crippen LogP) is 24.4. The van der Waals surface area contributed by atoms with Crippen LogP contribution in [0.5, 0.6) is 0 Å². The molecule has 0 aliphatic rings. The number of anilines is 12. The van der Waals surface area contributed by atoms with E-state index in [-0.39, 0.29) is 0 Å². The highest BCUT2D eigenvalue weighted by molar-refractivity contribution is 5.84.